The molecule has 1 amide bonds. The van der Waals surface area contributed by atoms with Crippen LogP contribution in [0.1, 0.15) is 45.8 Å². The predicted octanol–water partition coefficient (Wildman–Crippen LogP) is 1.93. The summed E-state index contributed by atoms with van der Waals surface area (Å²) in [4.78, 5) is 26.8. The number of aromatic nitrogens is 1. The van der Waals surface area contributed by atoms with Crippen LogP contribution >= 0.6 is 0 Å². The van der Waals surface area contributed by atoms with Crippen LogP contribution in [0.25, 0.3) is 0 Å². The number of carboxylic acid groups (broad SMARTS) is 1. The van der Waals surface area contributed by atoms with E-state index in [-0.39, 0.29) is 17.2 Å². The Hall–Kier alpha value is -2.17. The Morgan fingerprint density at radius 3 is 2.79 bits per heavy atom. The molecule has 0 aliphatic heterocycles. The van der Waals surface area contributed by atoms with Crippen molar-refractivity contribution in [3.05, 3.63) is 40.7 Å². The van der Waals surface area contributed by atoms with Crippen LogP contribution in [0.5, 0.6) is 0 Å². The number of pyridine rings is 1. The zero-order valence-corrected chi connectivity index (χ0v) is 10.8. The maximum Gasteiger partial charge on any atom is 0.337 e. The highest BCUT2D eigenvalue weighted by Crippen LogP contribution is 2.16. The Balaban J connectivity index is 2.02. The van der Waals surface area contributed by atoms with Gasteiger partial charge in [0.2, 0.25) is 0 Å². The van der Waals surface area contributed by atoms with Gasteiger partial charge in [0, 0.05) is 6.54 Å². The number of nitrogens with one attached hydrogen (secondary N) is 1. The molecule has 2 N–H and O–H groups in total. The third kappa shape index (κ3) is 3.19. The molecule has 0 spiro atoms. The summed E-state index contributed by atoms with van der Waals surface area (Å²) >= 11 is 0. The van der Waals surface area contributed by atoms with Gasteiger partial charge in [-0.15, -0.1) is 0 Å². The summed E-state index contributed by atoms with van der Waals surface area (Å²) in [6.45, 7) is 2.12. The number of hydrogen-bond donors (Lipinski definition) is 2. The van der Waals surface area contributed by atoms with Gasteiger partial charge in [-0.2, -0.15) is 0 Å². The minimum atomic E-state index is -1.03. The molecule has 19 heavy (non-hydrogen) atoms. The fourth-order valence-electron chi connectivity index (χ4n) is 2.10. The quantitative estimate of drug-likeness (QED) is 0.811. The van der Waals surface area contributed by atoms with E-state index >= 15 is 0 Å². The van der Waals surface area contributed by atoms with Crippen molar-refractivity contribution in [1.29, 1.82) is 0 Å². The minimum Gasteiger partial charge on any atom is -0.478 e. The van der Waals surface area contributed by atoms with Gasteiger partial charge in [-0.05, 0) is 38.3 Å². The smallest absolute Gasteiger partial charge is 0.337 e. The molecule has 1 aliphatic rings. The lowest BCUT2D eigenvalue weighted by Crippen LogP contribution is -2.26. The first-order valence-electron chi connectivity index (χ1n) is 6.25. The van der Waals surface area contributed by atoms with Crippen molar-refractivity contribution in [3.8, 4) is 0 Å². The molecule has 0 atom stereocenters. The van der Waals surface area contributed by atoms with Crippen molar-refractivity contribution < 1.29 is 14.7 Å². The van der Waals surface area contributed by atoms with Crippen LogP contribution in [0.4, 0.5) is 0 Å². The Kier molecular flexibility index (Phi) is 3.94. The summed E-state index contributed by atoms with van der Waals surface area (Å²) in [5.74, 6) is -1.30. The van der Waals surface area contributed by atoms with Gasteiger partial charge < -0.3 is 10.4 Å². The number of carbonyl (C=O) groups is 2. The zero-order valence-electron chi connectivity index (χ0n) is 10.8. The first-order chi connectivity index (χ1) is 9.08. The number of allylic oxidation sites excluding steroid dienone is 1. The summed E-state index contributed by atoms with van der Waals surface area (Å²) in [7, 11) is 0. The van der Waals surface area contributed by atoms with Gasteiger partial charge in [0.25, 0.3) is 5.91 Å². The Labute approximate surface area is 111 Å². The Morgan fingerprint density at radius 1 is 1.42 bits per heavy atom. The standard InChI is InChI=1S/C14H16N2O3/c1-9-11(14(18)19)6-7-12(16-9)13(17)15-8-10-4-2-3-5-10/h4,6-7H,2-3,5,8H2,1H3,(H,15,17)(H,18,19). The molecule has 5 nitrogen and oxygen atoms in total. The normalized spacial score (nSPS) is 14.1. The monoisotopic (exact) mass is 260 g/mol. The molecule has 0 saturated carbocycles. The highest BCUT2D eigenvalue weighted by atomic mass is 16.4. The molecule has 1 aromatic rings. The first kappa shape index (κ1) is 13.3. The maximum absolute atomic E-state index is 11.9. The second-order valence-electron chi connectivity index (χ2n) is 4.57. The fourth-order valence-corrected chi connectivity index (χ4v) is 2.10. The number of carbonyl (C=O) groups excluding carboxylic acids is 1. The van der Waals surface area contributed by atoms with E-state index < -0.39 is 5.97 Å². The van der Waals surface area contributed by atoms with E-state index in [1.54, 1.807) is 6.92 Å². The summed E-state index contributed by atoms with van der Waals surface area (Å²) in [5.41, 5.74) is 1.96. The van der Waals surface area contributed by atoms with Gasteiger partial charge in [0.15, 0.2) is 0 Å². The first-order valence-corrected chi connectivity index (χ1v) is 6.25. The second-order valence-corrected chi connectivity index (χ2v) is 4.57. The lowest BCUT2D eigenvalue weighted by atomic mass is 10.2. The molecule has 2 rings (SSSR count). The number of rotatable bonds is 4. The average Bonchev–Trinajstić information content (AvgIpc) is 2.88. The number of nitrogens with zero attached hydrogens (tertiary/aromatic N) is 1. The number of amides is 1. The van der Waals surface area contributed by atoms with E-state index in [4.69, 9.17) is 5.11 Å². The molecule has 1 aromatic heterocycles. The van der Waals surface area contributed by atoms with Crippen LogP contribution in [0.2, 0.25) is 0 Å². The Morgan fingerprint density at radius 2 is 2.21 bits per heavy atom. The van der Waals surface area contributed by atoms with Gasteiger partial charge in [-0.1, -0.05) is 11.6 Å². The molecule has 0 fully saturated rings. The van der Waals surface area contributed by atoms with E-state index in [1.807, 2.05) is 0 Å². The summed E-state index contributed by atoms with van der Waals surface area (Å²) in [6, 6.07) is 2.85. The number of hydrogen-bond acceptors (Lipinski definition) is 3. The highest BCUT2D eigenvalue weighted by molar-refractivity contribution is 5.94. The number of carboxylic acids is 1. The lowest BCUT2D eigenvalue weighted by Gasteiger charge is -2.07. The van der Waals surface area contributed by atoms with E-state index in [2.05, 4.69) is 16.4 Å². The molecule has 0 unspecified atom stereocenters. The molecular formula is C14H16N2O3. The van der Waals surface area contributed by atoms with Crippen LogP contribution in [0.3, 0.4) is 0 Å². The number of aromatic carboxylic acids is 1. The van der Waals surface area contributed by atoms with E-state index in [0.29, 0.717) is 12.2 Å². The van der Waals surface area contributed by atoms with Crippen molar-refractivity contribution >= 4 is 11.9 Å². The summed E-state index contributed by atoms with van der Waals surface area (Å²) in [5, 5.41) is 11.7. The van der Waals surface area contributed by atoms with Crippen LogP contribution in [0.15, 0.2) is 23.8 Å². The largest absolute Gasteiger partial charge is 0.478 e. The molecule has 1 aliphatic carbocycles. The van der Waals surface area contributed by atoms with Gasteiger partial charge in [-0.3, -0.25) is 4.79 Å². The van der Waals surface area contributed by atoms with Crippen molar-refractivity contribution in [2.24, 2.45) is 0 Å². The maximum atomic E-state index is 11.9. The molecule has 0 bridgehead atoms. The van der Waals surface area contributed by atoms with Gasteiger partial charge in [0.1, 0.15) is 5.69 Å². The van der Waals surface area contributed by atoms with Gasteiger partial charge >= 0.3 is 5.97 Å². The third-order valence-corrected chi connectivity index (χ3v) is 3.16. The summed E-state index contributed by atoms with van der Waals surface area (Å²) in [6.07, 6.45) is 5.41. The van der Waals surface area contributed by atoms with Gasteiger partial charge in [-0.25, -0.2) is 9.78 Å². The topological polar surface area (TPSA) is 79.3 Å². The van der Waals surface area contributed by atoms with Crippen LogP contribution in [-0.2, 0) is 0 Å². The predicted molar refractivity (Wildman–Crippen MR) is 70.2 cm³/mol. The van der Waals surface area contributed by atoms with Crippen LogP contribution in [0, 0.1) is 6.92 Å². The van der Waals surface area contributed by atoms with Crippen molar-refractivity contribution in [2.45, 2.75) is 26.2 Å². The van der Waals surface area contributed by atoms with Crippen molar-refractivity contribution in [3.63, 3.8) is 0 Å². The third-order valence-electron chi connectivity index (χ3n) is 3.16. The molecule has 0 saturated heterocycles. The molecular weight excluding hydrogens is 244 g/mol. The van der Waals surface area contributed by atoms with Crippen LogP contribution in [-0.4, -0.2) is 28.5 Å². The summed E-state index contributed by atoms with van der Waals surface area (Å²) < 4.78 is 0. The minimum absolute atomic E-state index is 0.120. The van der Waals surface area contributed by atoms with E-state index in [9.17, 15) is 9.59 Å². The van der Waals surface area contributed by atoms with Crippen molar-refractivity contribution in [1.82, 2.24) is 10.3 Å². The van der Waals surface area contributed by atoms with Crippen molar-refractivity contribution in [2.75, 3.05) is 6.54 Å². The molecule has 100 valence electrons. The molecule has 1 heterocycles. The van der Waals surface area contributed by atoms with E-state index in [1.165, 1.54) is 17.7 Å². The average molecular weight is 260 g/mol. The molecule has 0 aromatic carbocycles. The van der Waals surface area contributed by atoms with E-state index in [0.717, 1.165) is 19.3 Å². The molecule has 5 heteroatoms. The number of aryl methyl sites for hydroxylation is 1. The second kappa shape index (κ2) is 5.65. The van der Waals surface area contributed by atoms with Crippen LogP contribution < -0.4 is 5.32 Å². The fraction of sp³-hybridized carbons (Fsp3) is 0.357. The van der Waals surface area contributed by atoms with Gasteiger partial charge in [0.05, 0.1) is 11.3 Å². The SMILES string of the molecule is Cc1nc(C(=O)NCC2=CCCC2)ccc1C(=O)O. The zero-order chi connectivity index (χ0) is 13.8. The molecule has 0 radical (unpaired) electrons. The lowest BCUT2D eigenvalue weighted by molar-refractivity contribution is 0.0694. The highest BCUT2D eigenvalue weighted by Gasteiger charge is 2.13. The Bertz CT molecular complexity index is 550.